The minimum absolute atomic E-state index is 0.146. The number of aromatic nitrogens is 4. The zero-order chi connectivity index (χ0) is 18.1. The van der Waals surface area contributed by atoms with Crippen molar-refractivity contribution in [2.75, 3.05) is 0 Å². The van der Waals surface area contributed by atoms with Crippen LogP contribution in [0.15, 0.2) is 59.3 Å². The monoisotopic (exact) mass is 358 g/mol. The van der Waals surface area contributed by atoms with Crippen molar-refractivity contribution in [1.29, 1.82) is 0 Å². The third-order valence-electron chi connectivity index (χ3n) is 3.50. The van der Waals surface area contributed by atoms with Gasteiger partial charge in [0.25, 0.3) is 0 Å². The summed E-state index contributed by atoms with van der Waals surface area (Å²) in [5, 5.41) is 7.74. The molecule has 0 aliphatic carbocycles. The number of ether oxygens (including phenoxy) is 1. The van der Waals surface area contributed by atoms with Gasteiger partial charge in [-0.25, -0.2) is 4.98 Å². The van der Waals surface area contributed by atoms with Crippen LogP contribution in [0.5, 0.6) is 11.6 Å². The number of para-hydroxylation sites is 1. The van der Waals surface area contributed by atoms with Crippen LogP contribution in [0.3, 0.4) is 0 Å². The highest BCUT2D eigenvalue weighted by Gasteiger charge is 2.35. The Hall–Kier alpha value is -3.49. The Labute approximate surface area is 144 Å². The minimum Gasteiger partial charge on any atom is -0.438 e. The molecule has 9 heteroatoms. The lowest BCUT2D eigenvalue weighted by atomic mass is 10.2. The number of halogens is 3. The van der Waals surface area contributed by atoms with Crippen molar-refractivity contribution in [1.82, 2.24) is 20.2 Å². The average Bonchev–Trinajstić information content (AvgIpc) is 3.16. The number of hydrogen-bond donors (Lipinski definition) is 0. The Morgan fingerprint density at radius 2 is 1.69 bits per heavy atom. The zero-order valence-electron chi connectivity index (χ0n) is 12.9. The van der Waals surface area contributed by atoms with Gasteiger partial charge in [-0.2, -0.15) is 18.2 Å². The molecule has 2 heterocycles. The summed E-state index contributed by atoms with van der Waals surface area (Å²) < 4.78 is 49.8. The quantitative estimate of drug-likeness (QED) is 0.537. The van der Waals surface area contributed by atoms with Gasteiger partial charge in [-0.15, -0.1) is 10.2 Å². The molecule has 0 saturated heterocycles. The second kappa shape index (κ2) is 6.10. The number of rotatable bonds is 3. The van der Waals surface area contributed by atoms with Crippen LogP contribution in [-0.2, 0) is 6.18 Å². The summed E-state index contributed by atoms with van der Waals surface area (Å²) >= 11 is 0. The molecule has 0 N–H and O–H groups in total. The van der Waals surface area contributed by atoms with E-state index in [-0.39, 0.29) is 11.4 Å². The Bertz CT molecular complexity index is 1050. The number of benzene rings is 2. The maximum atomic E-state index is 13.0. The van der Waals surface area contributed by atoms with Crippen molar-refractivity contribution >= 4 is 10.9 Å². The van der Waals surface area contributed by atoms with Gasteiger partial charge in [-0.1, -0.05) is 12.1 Å². The highest BCUT2D eigenvalue weighted by Crippen LogP contribution is 2.33. The third kappa shape index (κ3) is 3.06. The molecule has 0 spiro atoms. The number of alkyl halides is 3. The second-order valence-corrected chi connectivity index (χ2v) is 5.24. The Morgan fingerprint density at radius 3 is 2.38 bits per heavy atom. The molecule has 0 amide bonds. The van der Waals surface area contributed by atoms with E-state index in [2.05, 4.69) is 20.2 Å². The van der Waals surface area contributed by atoms with E-state index in [4.69, 9.17) is 9.15 Å². The van der Waals surface area contributed by atoms with E-state index in [0.717, 1.165) is 0 Å². The molecule has 0 saturated carbocycles. The van der Waals surface area contributed by atoms with Crippen molar-refractivity contribution in [3.05, 3.63) is 60.7 Å². The first-order chi connectivity index (χ1) is 12.5. The lowest BCUT2D eigenvalue weighted by Gasteiger charge is -2.11. The van der Waals surface area contributed by atoms with Crippen molar-refractivity contribution in [2.45, 2.75) is 6.18 Å². The molecule has 2 aromatic carbocycles. The summed E-state index contributed by atoms with van der Waals surface area (Å²) in [6, 6.07) is 12.8. The van der Waals surface area contributed by atoms with E-state index in [1.807, 2.05) is 0 Å². The fourth-order valence-corrected chi connectivity index (χ4v) is 2.33. The standard InChI is InChI=1S/C17H9F3N4O2/c18-17(19,20)16-22-13-4-2-1-3-12(13)15(23-16)26-11-7-5-10(6-8-11)14-24-21-9-25-14/h1-9H. The topological polar surface area (TPSA) is 73.9 Å². The predicted molar refractivity (Wildman–Crippen MR) is 84.3 cm³/mol. The normalized spacial score (nSPS) is 11.7. The van der Waals surface area contributed by atoms with E-state index >= 15 is 0 Å². The summed E-state index contributed by atoms with van der Waals surface area (Å²) in [6.07, 6.45) is -3.48. The van der Waals surface area contributed by atoms with Crippen LogP contribution < -0.4 is 4.74 Å². The highest BCUT2D eigenvalue weighted by molar-refractivity contribution is 5.83. The molecule has 6 nitrogen and oxygen atoms in total. The molecule has 4 aromatic rings. The average molecular weight is 358 g/mol. The van der Waals surface area contributed by atoms with Gasteiger partial charge in [-0.3, -0.25) is 0 Å². The summed E-state index contributed by atoms with van der Waals surface area (Å²) in [4.78, 5) is 7.09. The maximum absolute atomic E-state index is 13.0. The Balaban J connectivity index is 1.72. The minimum atomic E-state index is -4.68. The fraction of sp³-hybridized carbons (Fsp3) is 0.0588. The summed E-state index contributed by atoms with van der Waals surface area (Å²) in [7, 11) is 0. The molecule has 26 heavy (non-hydrogen) atoms. The van der Waals surface area contributed by atoms with Gasteiger partial charge in [0, 0.05) is 5.56 Å². The molecular weight excluding hydrogens is 349 g/mol. The molecular formula is C17H9F3N4O2. The van der Waals surface area contributed by atoms with Crippen molar-refractivity contribution in [3.63, 3.8) is 0 Å². The van der Waals surface area contributed by atoms with Gasteiger partial charge < -0.3 is 9.15 Å². The molecule has 0 atom stereocenters. The van der Waals surface area contributed by atoms with Crippen LogP contribution in [0.25, 0.3) is 22.4 Å². The number of hydrogen-bond acceptors (Lipinski definition) is 6. The smallest absolute Gasteiger partial charge is 0.438 e. The SMILES string of the molecule is FC(F)(F)c1nc(Oc2ccc(-c3nnco3)cc2)c2ccccc2n1. The van der Waals surface area contributed by atoms with Gasteiger partial charge >= 0.3 is 6.18 Å². The van der Waals surface area contributed by atoms with Gasteiger partial charge in [-0.05, 0) is 36.4 Å². The van der Waals surface area contributed by atoms with Crippen LogP contribution in [0, 0.1) is 0 Å². The van der Waals surface area contributed by atoms with Gasteiger partial charge in [0.15, 0.2) is 0 Å². The molecule has 2 aromatic heterocycles. The third-order valence-corrected chi connectivity index (χ3v) is 3.50. The van der Waals surface area contributed by atoms with Crippen molar-refractivity contribution in [2.24, 2.45) is 0 Å². The summed E-state index contributed by atoms with van der Waals surface area (Å²) in [5.41, 5.74) is 0.797. The molecule has 0 unspecified atom stereocenters. The lowest BCUT2D eigenvalue weighted by molar-refractivity contribution is -0.144. The largest absolute Gasteiger partial charge is 0.451 e. The molecule has 0 aliphatic heterocycles. The summed E-state index contributed by atoms with van der Waals surface area (Å²) in [6.45, 7) is 0. The first-order valence-electron chi connectivity index (χ1n) is 7.39. The fourth-order valence-electron chi connectivity index (χ4n) is 2.33. The second-order valence-electron chi connectivity index (χ2n) is 5.24. The molecule has 4 rings (SSSR count). The molecule has 0 bridgehead atoms. The first kappa shape index (κ1) is 16.0. The van der Waals surface area contributed by atoms with Gasteiger partial charge in [0.05, 0.1) is 10.9 Å². The van der Waals surface area contributed by atoms with Crippen LogP contribution >= 0.6 is 0 Å². The van der Waals surface area contributed by atoms with Gasteiger partial charge in [0.1, 0.15) is 5.75 Å². The van der Waals surface area contributed by atoms with E-state index in [9.17, 15) is 13.2 Å². The van der Waals surface area contributed by atoms with E-state index in [1.54, 1.807) is 42.5 Å². The highest BCUT2D eigenvalue weighted by atomic mass is 19.4. The number of nitrogens with zero attached hydrogens (tertiary/aromatic N) is 4. The molecule has 130 valence electrons. The van der Waals surface area contributed by atoms with Crippen molar-refractivity contribution < 1.29 is 22.3 Å². The van der Waals surface area contributed by atoms with E-state index < -0.39 is 12.0 Å². The van der Waals surface area contributed by atoms with E-state index in [1.165, 1.54) is 12.5 Å². The van der Waals surface area contributed by atoms with Crippen LogP contribution in [-0.4, -0.2) is 20.2 Å². The zero-order valence-corrected chi connectivity index (χ0v) is 12.9. The van der Waals surface area contributed by atoms with E-state index in [0.29, 0.717) is 22.6 Å². The lowest BCUT2D eigenvalue weighted by Crippen LogP contribution is -2.11. The number of fused-ring (bicyclic) bond motifs is 1. The van der Waals surface area contributed by atoms with Gasteiger partial charge in [0.2, 0.25) is 24.0 Å². The summed E-state index contributed by atoms with van der Waals surface area (Å²) in [5.74, 6) is -0.796. The Morgan fingerprint density at radius 1 is 0.923 bits per heavy atom. The Kier molecular flexibility index (Phi) is 3.76. The van der Waals surface area contributed by atoms with Crippen LogP contribution in [0.2, 0.25) is 0 Å². The molecule has 0 radical (unpaired) electrons. The first-order valence-corrected chi connectivity index (χ1v) is 7.39. The molecule has 0 fully saturated rings. The van der Waals surface area contributed by atoms with Crippen molar-refractivity contribution in [3.8, 4) is 23.1 Å². The molecule has 0 aliphatic rings. The van der Waals surface area contributed by atoms with Crippen LogP contribution in [0.4, 0.5) is 13.2 Å². The predicted octanol–water partition coefficient (Wildman–Crippen LogP) is 4.49. The van der Waals surface area contributed by atoms with Crippen LogP contribution in [0.1, 0.15) is 5.82 Å². The maximum Gasteiger partial charge on any atom is 0.451 e.